The summed E-state index contributed by atoms with van der Waals surface area (Å²) in [6, 6.07) is 9.10. The Labute approximate surface area is 149 Å². The van der Waals surface area contributed by atoms with Crippen molar-refractivity contribution in [1.29, 1.82) is 0 Å². The molecule has 0 radical (unpaired) electrons. The zero-order valence-corrected chi connectivity index (χ0v) is 15.7. The summed E-state index contributed by atoms with van der Waals surface area (Å²) in [5.74, 6) is 0.551. The van der Waals surface area contributed by atoms with Crippen molar-refractivity contribution < 1.29 is 4.74 Å². The first-order chi connectivity index (χ1) is 9.43. The first-order valence-corrected chi connectivity index (χ1v) is 8.40. The molecule has 0 saturated heterocycles. The maximum Gasteiger partial charge on any atom is 0.138 e. The van der Waals surface area contributed by atoms with Gasteiger partial charge in [-0.2, -0.15) is 0 Å². The number of ether oxygens (including phenoxy) is 1. The Hall–Kier alpha value is 0.0700. The molecule has 2 aromatic carbocycles. The molecular weight excluding hydrogens is 450 g/mol. The van der Waals surface area contributed by atoms with Crippen LogP contribution in [0.1, 0.15) is 16.0 Å². The van der Waals surface area contributed by atoms with E-state index in [4.69, 9.17) is 39.5 Å². The van der Waals surface area contributed by atoms with Gasteiger partial charge in [0, 0.05) is 20.6 Å². The molecule has 0 bridgehead atoms. The van der Waals surface area contributed by atoms with Gasteiger partial charge in [0.2, 0.25) is 0 Å². The summed E-state index contributed by atoms with van der Waals surface area (Å²) in [4.78, 5) is -0.106. The van der Waals surface area contributed by atoms with E-state index in [1.807, 2.05) is 18.2 Å². The fourth-order valence-corrected chi connectivity index (χ4v) is 4.41. The second-order valence-electron chi connectivity index (χ2n) is 4.04. The Morgan fingerprint density at radius 3 is 2.30 bits per heavy atom. The molecule has 2 rings (SSSR count). The summed E-state index contributed by atoms with van der Waals surface area (Å²) in [6.45, 7) is 0. The van der Waals surface area contributed by atoms with Crippen LogP contribution in [0.3, 0.4) is 0 Å². The fourth-order valence-electron chi connectivity index (χ4n) is 1.77. The van der Waals surface area contributed by atoms with E-state index in [1.54, 1.807) is 19.2 Å². The van der Waals surface area contributed by atoms with Crippen LogP contribution in [-0.4, -0.2) is 7.11 Å². The van der Waals surface area contributed by atoms with E-state index in [-0.39, 0.29) is 4.83 Å². The van der Waals surface area contributed by atoms with E-state index in [9.17, 15) is 0 Å². The van der Waals surface area contributed by atoms with Gasteiger partial charge in [-0.05, 0) is 29.3 Å². The molecule has 1 nitrogen and oxygen atoms in total. The van der Waals surface area contributed by atoms with Crippen LogP contribution in [0.15, 0.2) is 34.8 Å². The summed E-state index contributed by atoms with van der Waals surface area (Å²) in [6.07, 6.45) is 0. The van der Waals surface area contributed by atoms with E-state index in [2.05, 4.69) is 31.9 Å². The summed E-state index contributed by atoms with van der Waals surface area (Å²) in [5.41, 5.74) is 1.87. The van der Waals surface area contributed by atoms with Gasteiger partial charge in [-0.25, -0.2) is 0 Å². The number of hydrogen-bond donors (Lipinski definition) is 0. The van der Waals surface area contributed by atoms with Crippen molar-refractivity contribution in [2.24, 2.45) is 0 Å². The Balaban J connectivity index is 2.48. The summed E-state index contributed by atoms with van der Waals surface area (Å²) in [5, 5.41) is 1.76. The Kier molecular flexibility index (Phi) is 5.66. The Bertz CT molecular complexity index is 647. The quantitative estimate of drug-likeness (QED) is 0.454. The van der Waals surface area contributed by atoms with E-state index in [0.29, 0.717) is 20.8 Å². The normalized spacial score (nSPS) is 12.3. The van der Waals surface area contributed by atoms with Crippen LogP contribution >= 0.6 is 66.7 Å². The highest BCUT2D eigenvalue weighted by Gasteiger charge is 2.19. The van der Waals surface area contributed by atoms with Gasteiger partial charge in [-0.1, -0.05) is 72.7 Å². The largest absolute Gasteiger partial charge is 0.495 e. The molecule has 2 aromatic rings. The topological polar surface area (TPSA) is 9.23 Å². The van der Waals surface area contributed by atoms with Crippen molar-refractivity contribution in [2.75, 3.05) is 7.11 Å². The average molecular weight is 459 g/mol. The van der Waals surface area contributed by atoms with Crippen LogP contribution in [0, 0.1) is 0 Å². The highest BCUT2D eigenvalue weighted by atomic mass is 79.9. The van der Waals surface area contributed by atoms with E-state index in [0.717, 1.165) is 15.6 Å². The van der Waals surface area contributed by atoms with Crippen molar-refractivity contribution in [3.05, 3.63) is 61.0 Å². The zero-order valence-electron chi connectivity index (χ0n) is 10.3. The smallest absolute Gasteiger partial charge is 0.138 e. The number of halogens is 5. The molecule has 0 aliphatic carbocycles. The van der Waals surface area contributed by atoms with Gasteiger partial charge in [0.25, 0.3) is 0 Å². The van der Waals surface area contributed by atoms with Crippen LogP contribution in [-0.2, 0) is 0 Å². The van der Waals surface area contributed by atoms with Crippen molar-refractivity contribution in [1.82, 2.24) is 0 Å². The lowest BCUT2D eigenvalue weighted by molar-refractivity contribution is 0.415. The second kappa shape index (κ2) is 6.89. The minimum absolute atomic E-state index is 0.106. The van der Waals surface area contributed by atoms with Crippen molar-refractivity contribution in [2.45, 2.75) is 4.83 Å². The summed E-state index contributed by atoms with van der Waals surface area (Å²) >= 11 is 25.6. The van der Waals surface area contributed by atoms with Crippen LogP contribution in [0.4, 0.5) is 0 Å². The molecule has 106 valence electrons. The van der Waals surface area contributed by atoms with Crippen molar-refractivity contribution in [3.63, 3.8) is 0 Å². The van der Waals surface area contributed by atoms with Gasteiger partial charge in [0.15, 0.2) is 0 Å². The average Bonchev–Trinajstić information content (AvgIpc) is 2.40. The zero-order chi connectivity index (χ0) is 14.9. The second-order valence-corrected chi connectivity index (χ2v) is 7.06. The van der Waals surface area contributed by atoms with Crippen molar-refractivity contribution >= 4 is 66.7 Å². The SMILES string of the molecule is COc1cc(Cl)c(C(Br)c2ccc(Cl)cc2Br)cc1Cl. The molecule has 0 spiro atoms. The van der Waals surface area contributed by atoms with Gasteiger partial charge in [0.05, 0.1) is 17.0 Å². The molecule has 1 unspecified atom stereocenters. The first kappa shape index (κ1) is 16.4. The monoisotopic (exact) mass is 456 g/mol. The van der Waals surface area contributed by atoms with E-state index in [1.165, 1.54) is 0 Å². The third kappa shape index (κ3) is 3.45. The number of methoxy groups -OCH3 is 1. The molecule has 1 atom stereocenters. The van der Waals surface area contributed by atoms with E-state index < -0.39 is 0 Å². The number of benzene rings is 2. The molecule has 0 amide bonds. The maximum absolute atomic E-state index is 6.30. The van der Waals surface area contributed by atoms with Gasteiger partial charge in [0.1, 0.15) is 5.75 Å². The van der Waals surface area contributed by atoms with Crippen LogP contribution in [0.5, 0.6) is 5.75 Å². The van der Waals surface area contributed by atoms with Gasteiger partial charge >= 0.3 is 0 Å². The fraction of sp³-hybridized carbons (Fsp3) is 0.143. The highest BCUT2D eigenvalue weighted by Crippen LogP contribution is 2.42. The Morgan fingerprint density at radius 1 is 1.00 bits per heavy atom. The molecule has 0 N–H and O–H groups in total. The third-order valence-electron chi connectivity index (χ3n) is 2.78. The predicted molar refractivity (Wildman–Crippen MR) is 92.9 cm³/mol. The molecule has 0 fully saturated rings. The molecular formula is C14H9Br2Cl3O. The van der Waals surface area contributed by atoms with Crippen molar-refractivity contribution in [3.8, 4) is 5.75 Å². The third-order valence-corrected chi connectivity index (χ3v) is 5.31. The van der Waals surface area contributed by atoms with Crippen LogP contribution < -0.4 is 4.74 Å². The number of alkyl halides is 1. The molecule has 0 aromatic heterocycles. The summed E-state index contributed by atoms with van der Waals surface area (Å²) in [7, 11) is 1.55. The molecule has 0 aliphatic heterocycles. The molecule has 20 heavy (non-hydrogen) atoms. The Morgan fingerprint density at radius 2 is 1.70 bits per heavy atom. The first-order valence-electron chi connectivity index (χ1n) is 5.56. The maximum atomic E-state index is 6.30. The van der Waals surface area contributed by atoms with Crippen LogP contribution in [0.2, 0.25) is 15.1 Å². The minimum Gasteiger partial charge on any atom is -0.495 e. The van der Waals surface area contributed by atoms with Gasteiger partial charge in [-0.15, -0.1) is 0 Å². The van der Waals surface area contributed by atoms with Gasteiger partial charge < -0.3 is 4.74 Å². The lowest BCUT2D eigenvalue weighted by Crippen LogP contribution is -1.96. The highest BCUT2D eigenvalue weighted by molar-refractivity contribution is 9.11. The molecule has 0 heterocycles. The lowest BCUT2D eigenvalue weighted by atomic mass is 10.0. The molecule has 0 aliphatic rings. The molecule has 6 heteroatoms. The number of rotatable bonds is 3. The van der Waals surface area contributed by atoms with Crippen LogP contribution in [0.25, 0.3) is 0 Å². The van der Waals surface area contributed by atoms with Gasteiger partial charge in [-0.3, -0.25) is 0 Å². The lowest BCUT2D eigenvalue weighted by Gasteiger charge is -2.16. The predicted octanol–water partition coefficient (Wildman–Crippen LogP) is 6.90. The summed E-state index contributed by atoms with van der Waals surface area (Å²) < 4.78 is 6.05. The minimum atomic E-state index is -0.106. The standard InChI is InChI=1S/C14H9Br2Cl3O/c1-20-13-6-11(18)9(5-12(13)19)14(16)8-3-2-7(17)4-10(8)15/h2-6,14H,1H3. The van der Waals surface area contributed by atoms with E-state index >= 15 is 0 Å². The molecule has 0 saturated carbocycles. The number of hydrogen-bond acceptors (Lipinski definition) is 1.